The molecule has 334 valence electrons. The van der Waals surface area contributed by atoms with E-state index in [0.29, 0.717) is 41.5 Å². The number of hydrogen-bond donors (Lipinski definition) is 0. The average Bonchev–Trinajstić information content (AvgIpc) is 3.82. The van der Waals surface area contributed by atoms with Crippen LogP contribution in [0.25, 0.3) is 78.1 Å². The molecule has 1 fully saturated rings. The third-order valence-corrected chi connectivity index (χ3v) is 13.5. The van der Waals surface area contributed by atoms with Gasteiger partial charge in [-0.25, -0.2) is 4.98 Å². The third kappa shape index (κ3) is 9.66. The zero-order valence-corrected chi connectivity index (χ0v) is 37.9. The fourth-order valence-corrected chi connectivity index (χ4v) is 9.95. The SMILES string of the molecule is [2H]C([2H])([2H])c1ccc2c(n1)oc1c(-c3cc(-c4ccc(-c5ccccc5)cc4)c(CC([2H])([2H])C4CC(CCc5ccc(-c6ccccc6)nc5)CC(C([2H])([2H])Cc5ccc(-c6ccccc6)nc5)C4)cn3)cccc12. The summed E-state index contributed by atoms with van der Waals surface area (Å²) in [5, 5.41) is 1.48. The summed E-state index contributed by atoms with van der Waals surface area (Å²) in [6.07, 6.45) is 5.61. The topological polar surface area (TPSA) is 64.7 Å². The van der Waals surface area contributed by atoms with Gasteiger partial charge in [-0.2, -0.15) is 0 Å². The van der Waals surface area contributed by atoms with E-state index < -0.39 is 31.4 Å². The molecule has 68 heavy (non-hydrogen) atoms. The fourth-order valence-electron chi connectivity index (χ4n) is 9.95. The van der Waals surface area contributed by atoms with Gasteiger partial charge in [-0.15, -0.1) is 0 Å². The van der Waals surface area contributed by atoms with Gasteiger partial charge in [0.05, 0.1) is 17.1 Å². The van der Waals surface area contributed by atoms with Crippen molar-refractivity contribution in [3.63, 3.8) is 0 Å². The van der Waals surface area contributed by atoms with Crippen molar-refractivity contribution in [1.82, 2.24) is 19.9 Å². The number of nitrogens with zero attached hydrogens (tertiary/aromatic N) is 4. The van der Waals surface area contributed by atoms with Crippen LogP contribution in [0, 0.1) is 24.6 Å². The molecule has 1 aliphatic carbocycles. The molecule has 1 aliphatic rings. The molecule has 3 unspecified atom stereocenters. The van der Waals surface area contributed by atoms with E-state index in [9.17, 15) is 5.48 Å². The monoisotopic (exact) mass is 891 g/mol. The molecular formula is C63H56N4O. The predicted octanol–water partition coefficient (Wildman–Crippen LogP) is 16.0. The first-order valence-corrected chi connectivity index (χ1v) is 23.7. The summed E-state index contributed by atoms with van der Waals surface area (Å²) < 4.78 is 69.7. The minimum Gasteiger partial charge on any atom is -0.437 e. The molecule has 1 saturated carbocycles. The lowest BCUT2D eigenvalue weighted by Crippen LogP contribution is -2.24. The summed E-state index contributed by atoms with van der Waals surface area (Å²) in [6.45, 7) is -2.39. The van der Waals surface area contributed by atoms with E-state index >= 15 is 0 Å². The van der Waals surface area contributed by atoms with Crippen molar-refractivity contribution in [3.05, 3.63) is 217 Å². The molecular weight excluding hydrogens is 829 g/mol. The minimum atomic E-state index is -2.39. The number of furan rings is 1. The van der Waals surface area contributed by atoms with Gasteiger partial charge in [0.15, 0.2) is 0 Å². The van der Waals surface area contributed by atoms with Crippen molar-refractivity contribution in [2.24, 2.45) is 17.8 Å². The van der Waals surface area contributed by atoms with Crippen molar-refractivity contribution in [2.45, 2.75) is 64.5 Å². The molecule has 0 bridgehead atoms. The zero-order chi connectivity index (χ0) is 51.7. The second-order valence-corrected chi connectivity index (χ2v) is 18.1. The summed E-state index contributed by atoms with van der Waals surface area (Å²) >= 11 is 0. The molecule has 0 amide bonds. The van der Waals surface area contributed by atoms with Crippen LogP contribution in [0.3, 0.4) is 0 Å². The highest BCUT2D eigenvalue weighted by molar-refractivity contribution is 6.08. The zero-order valence-electron chi connectivity index (χ0n) is 44.9. The molecule has 5 heteroatoms. The first-order chi connectivity index (χ1) is 36.2. The number of para-hydroxylation sites is 1. The van der Waals surface area contributed by atoms with E-state index in [1.165, 1.54) is 6.07 Å². The van der Waals surface area contributed by atoms with Crippen LogP contribution in [0.5, 0.6) is 0 Å². The standard InChI is InChI=1S/C63H56N4O/c1-43-20-33-56-55-18-11-19-57(62(55)68-63(56)67-43)61-39-58(51-31-29-50(30-32-51)49-12-5-2-6-13-49)54(42-66-61)28-25-48-37-46(23-21-44-26-34-59(64-40-44)52-14-7-3-8-15-52)36-47(38-48)24-22-45-27-35-60(65-41-45)53-16-9-4-10-17-53/h2-20,26-27,29-35,39-42,46-48H,21-25,28,36-38H2,1H3/i1D3,23D2,25D2. The van der Waals surface area contributed by atoms with Crippen LogP contribution in [0.2, 0.25) is 0 Å². The van der Waals surface area contributed by atoms with Crippen LogP contribution in [-0.4, -0.2) is 19.9 Å². The van der Waals surface area contributed by atoms with Gasteiger partial charge in [-0.05, 0) is 158 Å². The van der Waals surface area contributed by atoms with Gasteiger partial charge in [0.25, 0.3) is 0 Å². The Morgan fingerprint density at radius 2 is 1.07 bits per heavy atom. The Labute approximate surface area is 409 Å². The molecule has 0 N–H and O–H groups in total. The Morgan fingerprint density at radius 3 is 1.72 bits per heavy atom. The number of benzene rings is 5. The number of aromatic nitrogens is 4. The molecule has 0 aliphatic heterocycles. The van der Waals surface area contributed by atoms with Crippen molar-refractivity contribution < 1.29 is 14.0 Å². The van der Waals surface area contributed by atoms with Crippen LogP contribution >= 0.6 is 0 Å². The lowest BCUT2D eigenvalue weighted by molar-refractivity contribution is 0.172. The van der Waals surface area contributed by atoms with E-state index in [-0.39, 0.29) is 30.2 Å². The van der Waals surface area contributed by atoms with Crippen LogP contribution < -0.4 is 0 Å². The highest BCUT2D eigenvalue weighted by Crippen LogP contribution is 2.42. The molecule has 11 rings (SSSR count). The Bertz CT molecular complexity index is 3570. The number of fused-ring (bicyclic) bond motifs is 3. The van der Waals surface area contributed by atoms with E-state index in [2.05, 4.69) is 65.6 Å². The van der Waals surface area contributed by atoms with E-state index in [0.717, 1.165) is 79.7 Å². The summed E-state index contributed by atoms with van der Waals surface area (Å²) in [7, 11) is 0. The Kier molecular flexibility index (Phi) is 10.4. The summed E-state index contributed by atoms with van der Waals surface area (Å²) in [6, 6.07) is 57.8. The van der Waals surface area contributed by atoms with Crippen molar-refractivity contribution >= 4 is 22.1 Å². The van der Waals surface area contributed by atoms with Crippen LogP contribution in [0.4, 0.5) is 0 Å². The second kappa shape index (κ2) is 19.8. The van der Waals surface area contributed by atoms with Gasteiger partial charge >= 0.3 is 0 Å². The lowest BCUT2D eigenvalue weighted by atomic mass is 9.70. The molecule has 10 aromatic rings. The van der Waals surface area contributed by atoms with E-state index in [1.54, 1.807) is 18.5 Å². The number of aryl methyl sites for hydroxylation is 4. The average molecular weight is 892 g/mol. The molecule has 0 saturated heterocycles. The van der Waals surface area contributed by atoms with Gasteiger partial charge in [-0.3, -0.25) is 15.0 Å². The first kappa shape index (κ1) is 35.7. The fraction of sp³-hybridized carbons (Fsp3) is 0.206. The maximum absolute atomic E-state index is 10.1. The van der Waals surface area contributed by atoms with E-state index in [4.69, 9.17) is 23.5 Å². The molecule has 5 aromatic carbocycles. The third-order valence-electron chi connectivity index (χ3n) is 13.5. The molecule has 5 nitrogen and oxygen atoms in total. The van der Waals surface area contributed by atoms with Gasteiger partial charge < -0.3 is 4.42 Å². The smallest absolute Gasteiger partial charge is 0.227 e. The maximum Gasteiger partial charge on any atom is 0.227 e. The van der Waals surface area contributed by atoms with Gasteiger partial charge in [0, 0.05) is 61.3 Å². The highest BCUT2D eigenvalue weighted by atomic mass is 16.3. The summed E-state index contributed by atoms with van der Waals surface area (Å²) in [5.74, 6) is -0.770. The van der Waals surface area contributed by atoms with Crippen LogP contribution in [-0.2, 0) is 19.3 Å². The van der Waals surface area contributed by atoms with Crippen LogP contribution in [0.15, 0.2) is 199 Å². The minimum absolute atomic E-state index is 0.0439. The molecule has 0 spiro atoms. The second-order valence-electron chi connectivity index (χ2n) is 18.1. The molecule has 5 aromatic heterocycles. The van der Waals surface area contributed by atoms with Gasteiger partial charge in [0.1, 0.15) is 5.58 Å². The first-order valence-electron chi connectivity index (χ1n) is 27.2. The lowest BCUT2D eigenvalue weighted by Gasteiger charge is -2.35. The van der Waals surface area contributed by atoms with Crippen molar-refractivity contribution in [3.8, 4) is 56.0 Å². The quantitative estimate of drug-likeness (QED) is 0.109. The number of rotatable bonds is 14. The normalized spacial score (nSPS) is 18.2. The maximum atomic E-state index is 10.1. The van der Waals surface area contributed by atoms with Crippen molar-refractivity contribution in [1.29, 1.82) is 0 Å². The number of hydrogen-bond acceptors (Lipinski definition) is 5. The summed E-state index contributed by atoms with van der Waals surface area (Å²) in [4.78, 5) is 19.0. The molecule has 3 atom stereocenters. The molecule has 5 heterocycles. The highest BCUT2D eigenvalue weighted by Gasteiger charge is 2.29. The molecule has 0 radical (unpaired) electrons. The van der Waals surface area contributed by atoms with Crippen LogP contribution in [0.1, 0.15) is 70.4 Å². The largest absolute Gasteiger partial charge is 0.437 e. The van der Waals surface area contributed by atoms with Gasteiger partial charge in [-0.1, -0.05) is 140 Å². The predicted molar refractivity (Wildman–Crippen MR) is 279 cm³/mol. The Morgan fingerprint density at radius 1 is 0.485 bits per heavy atom. The van der Waals surface area contributed by atoms with Gasteiger partial charge in [0.2, 0.25) is 5.71 Å². The summed E-state index contributed by atoms with van der Waals surface area (Å²) in [5.41, 5.74) is 12.4. The number of pyridine rings is 4. The Balaban J connectivity index is 0.920. The van der Waals surface area contributed by atoms with E-state index in [1.807, 2.05) is 109 Å². The Hall–Kier alpha value is -7.50. The van der Waals surface area contributed by atoms with Crippen molar-refractivity contribution in [2.75, 3.05) is 0 Å².